The maximum Gasteiger partial charge on any atom is 0.472 e. The summed E-state index contributed by atoms with van der Waals surface area (Å²) in [6.45, 7) is 2.23. The Morgan fingerprint density at radius 3 is 1.46 bits per heavy atom. The van der Waals surface area contributed by atoms with Crippen molar-refractivity contribution in [3.63, 3.8) is 0 Å². The highest BCUT2D eigenvalue weighted by Crippen LogP contribution is 2.43. The Labute approximate surface area is 346 Å². The van der Waals surface area contributed by atoms with Crippen LogP contribution in [0.15, 0.2) is 60.8 Å². The van der Waals surface area contributed by atoms with E-state index in [-0.39, 0.29) is 19.4 Å². The second kappa shape index (κ2) is 41.8. The van der Waals surface area contributed by atoms with Gasteiger partial charge in [-0.05, 0) is 57.8 Å². The molecular weight excluding hydrogens is 743 g/mol. The predicted molar refractivity (Wildman–Crippen MR) is 233 cm³/mol. The zero-order chi connectivity index (χ0) is 41.9. The van der Waals surface area contributed by atoms with Crippen molar-refractivity contribution in [1.82, 2.24) is 0 Å². The minimum Gasteiger partial charge on any atom is -0.462 e. The number of aliphatic hydroxyl groups is 2. The van der Waals surface area contributed by atoms with Crippen LogP contribution in [0.1, 0.15) is 181 Å². The molecule has 11 heteroatoms. The van der Waals surface area contributed by atoms with E-state index in [1.165, 1.54) is 70.6 Å². The summed E-state index contributed by atoms with van der Waals surface area (Å²) in [5, 5.41) is 18.3. The summed E-state index contributed by atoms with van der Waals surface area (Å²) in [4.78, 5) is 35.0. The van der Waals surface area contributed by atoms with Crippen LogP contribution in [0.3, 0.4) is 0 Å². The van der Waals surface area contributed by atoms with Gasteiger partial charge in [0.15, 0.2) is 6.10 Å². The van der Waals surface area contributed by atoms with Gasteiger partial charge in [-0.1, -0.05) is 171 Å². The van der Waals surface area contributed by atoms with Gasteiger partial charge in [0.25, 0.3) is 0 Å². The zero-order valence-corrected chi connectivity index (χ0v) is 36.7. The lowest BCUT2D eigenvalue weighted by molar-refractivity contribution is -0.161. The van der Waals surface area contributed by atoms with E-state index in [0.29, 0.717) is 12.8 Å². The normalized spacial score (nSPS) is 14.4. The van der Waals surface area contributed by atoms with E-state index >= 15 is 0 Å². The molecule has 0 aliphatic carbocycles. The summed E-state index contributed by atoms with van der Waals surface area (Å²) in [5.74, 6) is -0.961. The number of hydrogen-bond donors (Lipinski definition) is 3. The third-order valence-electron chi connectivity index (χ3n) is 9.19. The minimum absolute atomic E-state index is 0.177. The molecule has 3 N–H and O–H groups in total. The molecule has 0 spiro atoms. The molecule has 1 unspecified atom stereocenters. The van der Waals surface area contributed by atoms with Gasteiger partial charge < -0.3 is 24.6 Å². The lowest BCUT2D eigenvalue weighted by Gasteiger charge is -2.20. The zero-order valence-electron chi connectivity index (χ0n) is 35.8. The topological polar surface area (TPSA) is 149 Å². The maximum atomic E-state index is 12.6. The molecule has 3 atom stereocenters. The lowest BCUT2D eigenvalue weighted by Crippen LogP contribution is -2.29. The molecule has 0 amide bonds. The van der Waals surface area contributed by atoms with E-state index < -0.39 is 51.8 Å². The molecule has 0 bridgehead atoms. The third kappa shape index (κ3) is 41.6. The van der Waals surface area contributed by atoms with Crippen molar-refractivity contribution in [2.45, 2.75) is 193 Å². The van der Waals surface area contributed by atoms with Crippen LogP contribution in [-0.4, -0.2) is 65.7 Å². The Bertz CT molecular complexity index is 1130. The Kier molecular flexibility index (Phi) is 40.1. The van der Waals surface area contributed by atoms with E-state index in [1.807, 2.05) is 0 Å². The fourth-order valence-electron chi connectivity index (χ4n) is 5.78. The third-order valence-corrected chi connectivity index (χ3v) is 10.1. The summed E-state index contributed by atoms with van der Waals surface area (Å²) >= 11 is 0. The van der Waals surface area contributed by atoms with Crippen LogP contribution in [-0.2, 0) is 32.7 Å². The van der Waals surface area contributed by atoms with Gasteiger partial charge in [0.2, 0.25) is 0 Å². The monoisotopic (exact) mass is 825 g/mol. The highest BCUT2D eigenvalue weighted by Gasteiger charge is 2.27. The first-order chi connectivity index (χ1) is 27.7. The Balaban J connectivity index is 4.34. The molecule has 0 radical (unpaired) electrons. The van der Waals surface area contributed by atoms with Crippen molar-refractivity contribution in [1.29, 1.82) is 0 Å². The first-order valence-electron chi connectivity index (χ1n) is 22.2. The van der Waals surface area contributed by atoms with Crippen molar-refractivity contribution >= 4 is 19.8 Å². The molecule has 330 valence electrons. The van der Waals surface area contributed by atoms with Crippen LogP contribution in [0.25, 0.3) is 0 Å². The molecule has 0 heterocycles. The highest BCUT2D eigenvalue weighted by molar-refractivity contribution is 7.47. The molecule has 0 fully saturated rings. The van der Waals surface area contributed by atoms with Crippen LogP contribution in [0.4, 0.5) is 0 Å². The molecule has 57 heavy (non-hydrogen) atoms. The summed E-state index contributed by atoms with van der Waals surface area (Å²) in [5.41, 5.74) is 0. The van der Waals surface area contributed by atoms with Crippen molar-refractivity contribution < 1.29 is 47.8 Å². The van der Waals surface area contributed by atoms with E-state index in [2.05, 4.69) is 79.1 Å². The van der Waals surface area contributed by atoms with E-state index in [0.717, 1.165) is 70.6 Å². The van der Waals surface area contributed by atoms with Gasteiger partial charge in [-0.3, -0.25) is 18.6 Å². The number of allylic oxidation sites excluding steroid dienone is 10. The minimum atomic E-state index is -4.63. The Hall–Kier alpha value is -2.33. The molecule has 10 nitrogen and oxygen atoms in total. The lowest BCUT2D eigenvalue weighted by atomic mass is 10.0. The summed E-state index contributed by atoms with van der Waals surface area (Å²) in [6, 6.07) is 0. The number of unbranched alkanes of at least 4 members (excludes halogenated alkanes) is 17. The predicted octanol–water partition coefficient (Wildman–Crippen LogP) is 11.9. The van der Waals surface area contributed by atoms with Gasteiger partial charge in [-0.15, -0.1) is 0 Å². The number of ether oxygens (including phenoxy) is 2. The van der Waals surface area contributed by atoms with Gasteiger partial charge in [-0.25, -0.2) is 4.57 Å². The van der Waals surface area contributed by atoms with Gasteiger partial charge in [0.05, 0.1) is 19.8 Å². The Morgan fingerprint density at radius 1 is 0.544 bits per heavy atom. The smallest absolute Gasteiger partial charge is 0.462 e. The van der Waals surface area contributed by atoms with E-state index in [9.17, 15) is 24.2 Å². The number of carbonyl (C=O) groups excluding carboxylic acids is 2. The molecular formula is C46H81O10P. The van der Waals surface area contributed by atoms with Gasteiger partial charge in [0, 0.05) is 12.8 Å². The fraction of sp³-hybridized carbons (Fsp3) is 0.739. The summed E-state index contributed by atoms with van der Waals surface area (Å²) in [7, 11) is -4.63. The average molecular weight is 825 g/mol. The van der Waals surface area contributed by atoms with Crippen LogP contribution < -0.4 is 0 Å². The number of carbonyl (C=O) groups is 2. The molecule has 0 aliphatic heterocycles. The van der Waals surface area contributed by atoms with Crippen LogP contribution in [0, 0.1) is 0 Å². The first-order valence-corrected chi connectivity index (χ1v) is 23.7. The molecule has 0 saturated carbocycles. The van der Waals surface area contributed by atoms with E-state index in [4.69, 9.17) is 19.1 Å². The number of rotatable bonds is 41. The molecule has 0 aliphatic rings. The standard InChI is InChI=1S/C46H81O10P/c1-3-5-7-9-11-13-15-17-19-20-21-22-24-25-27-29-31-33-35-37-45(49)53-41-44(42-55-57(51,52)54-40-43(48)39-47)56-46(50)38-36-34-32-30-28-26-23-18-16-14-12-10-8-6-4-2/h5,7,11,13,17,19,21-22,25,27,43-44,47-48H,3-4,6,8-10,12,14-16,18,20,23-24,26,28-42H2,1-2H3,(H,51,52)/b7-5-,13-11-,19-17-,22-21-,27-25-/t43-,44+/m0/s1. The Morgan fingerprint density at radius 2 is 0.965 bits per heavy atom. The number of hydrogen-bond acceptors (Lipinski definition) is 9. The van der Waals surface area contributed by atoms with E-state index in [1.54, 1.807) is 0 Å². The summed E-state index contributed by atoms with van der Waals surface area (Å²) < 4.78 is 32.7. The van der Waals surface area contributed by atoms with Crippen molar-refractivity contribution in [2.24, 2.45) is 0 Å². The molecule has 0 aromatic rings. The maximum absolute atomic E-state index is 12.6. The molecule has 0 aromatic carbocycles. The van der Waals surface area contributed by atoms with Gasteiger partial charge in [0.1, 0.15) is 12.7 Å². The van der Waals surface area contributed by atoms with Gasteiger partial charge in [-0.2, -0.15) is 0 Å². The molecule has 0 rings (SSSR count). The van der Waals surface area contributed by atoms with Crippen LogP contribution >= 0.6 is 7.82 Å². The number of phosphoric ester groups is 1. The van der Waals surface area contributed by atoms with Crippen molar-refractivity contribution in [3.05, 3.63) is 60.8 Å². The first kappa shape index (κ1) is 54.7. The quantitative estimate of drug-likeness (QED) is 0.0235. The second-order valence-corrected chi connectivity index (χ2v) is 16.2. The average Bonchev–Trinajstić information content (AvgIpc) is 3.20. The number of aliphatic hydroxyl groups excluding tert-OH is 2. The number of phosphoric acid groups is 1. The molecule has 0 aromatic heterocycles. The van der Waals surface area contributed by atoms with Gasteiger partial charge >= 0.3 is 19.8 Å². The fourth-order valence-corrected chi connectivity index (χ4v) is 6.57. The van der Waals surface area contributed by atoms with Crippen molar-refractivity contribution in [3.8, 4) is 0 Å². The second-order valence-electron chi connectivity index (χ2n) is 14.7. The largest absolute Gasteiger partial charge is 0.472 e. The van der Waals surface area contributed by atoms with Crippen LogP contribution in [0.5, 0.6) is 0 Å². The number of esters is 2. The highest BCUT2D eigenvalue weighted by atomic mass is 31.2. The SMILES string of the molecule is CC/C=C\C/C=C\C/C=C\C/C=C\C/C=C\CCCCCC(=O)OC[C@H](COP(=O)(O)OC[C@@H](O)CO)OC(=O)CCCCCCCCCCCCCCCCC. The summed E-state index contributed by atoms with van der Waals surface area (Å²) in [6.07, 6.45) is 46.1. The molecule has 0 saturated heterocycles. The van der Waals surface area contributed by atoms with Crippen molar-refractivity contribution in [2.75, 3.05) is 26.4 Å². The van der Waals surface area contributed by atoms with Crippen LogP contribution in [0.2, 0.25) is 0 Å².